The molecule has 0 aromatic heterocycles. The minimum atomic E-state index is -0.362. The number of hydrogen-bond acceptors (Lipinski definition) is 2. The predicted molar refractivity (Wildman–Crippen MR) is 74.9 cm³/mol. The van der Waals surface area contributed by atoms with Gasteiger partial charge in [0.2, 0.25) is 0 Å². The third-order valence-electron chi connectivity index (χ3n) is 4.15. The standard InChI is InChI=1S/C15H20FN3O/c16-12-3-1-2-11(10-12)15(6-7-15)19-14(20)18-13-4-8-17-9-5-13/h1-3,10,13,17H,4-9H2,(H2,18,19,20). The molecule has 0 bridgehead atoms. The van der Waals surface area contributed by atoms with E-state index in [-0.39, 0.29) is 23.4 Å². The monoisotopic (exact) mass is 277 g/mol. The summed E-state index contributed by atoms with van der Waals surface area (Å²) >= 11 is 0. The van der Waals surface area contributed by atoms with E-state index in [9.17, 15) is 9.18 Å². The van der Waals surface area contributed by atoms with Crippen LogP contribution in [-0.4, -0.2) is 25.2 Å². The molecule has 1 saturated carbocycles. The molecule has 1 saturated heterocycles. The Bertz CT molecular complexity index is 496. The van der Waals surface area contributed by atoms with Crippen LogP contribution < -0.4 is 16.0 Å². The number of urea groups is 1. The number of carbonyl (C=O) groups is 1. The van der Waals surface area contributed by atoms with Gasteiger partial charge in [-0.05, 0) is 56.5 Å². The maximum atomic E-state index is 13.3. The molecule has 2 amide bonds. The van der Waals surface area contributed by atoms with Crippen molar-refractivity contribution < 1.29 is 9.18 Å². The van der Waals surface area contributed by atoms with Crippen LogP contribution in [0.2, 0.25) is 0 Å². The molecule has 3 rings (SSSR count). The van der Waals surface area contributed by atoms with E-state index in [0.717, 1.165) is 44.3 Å². The number of piperidine rings is 1. The Morgan fingerprint density at radius 1 is 1.30 bits per heavy atom. The van der Waals surface area contributed by atoms with E-state index in [4.69, 9.17) is 0 Å². The first-order valence-corrected chi connectivity index (χ1v) is 7.23. The average Bonchev–Trinajstić information content (AvgIpc) is 3.20. The van der Waals surface area contributed by atoms with Crippen LogP contribution in [0, 0.1) is 5.82 Å². The first-order valence-electron chi connectivity index (χ1n) is 7.23. The van der Waals surface area contributed by atoms with Gasteiger partial charge >= 0.3 is 6.03 Å². The first kappa shape index (κ1) is 13.4. The molecule has 3 N–H and O–H groups in total. The minimum Gasteiger partial charge on any atom is -0.335 e. The van der Waals surface area contributed by atoms with Crippen LogP contribution in [0.3, 0.4) is 0 Å². The van der Waals surface area contributed by atoms with Gasteiger partial charge in [-0.2, -0.15) is 0 Å². The fraction of sp³-hybridized carbons (Fsp3) is 0.533. The largest absolute Gasteiger partial charge is 0.335 e. The van der Waals surface area contributed by atoms with Gasteiger partial charge in [-0.15, -0.1) is 0 Å². The molecule has 0 spiro atoms. The molecular weight excluding hydrogens is 257 g/mol. The topological polar surface area (TPSA) is 53.2 Å². The highest BCUT2D eigenvalue weighted by Crippen LogP contribution is 2.45. The zero-order valence-corrected chi connectivity index (χ0v) is 11.4. The molecule has 0 radical (unpaired) electrons. The Kier molecular flexibility index (Phi) is 3.61. The number of rotatable bonds is 3. The SMILES string of the molecule is O=C(NC1CCNCC1)NC1(c2cccc(F)c2)CC1. The maximum absolute atomic E-state index is 13.3. The number of amides is 2. The van der Waals surface area contributed by atoms with E-state index >= 15 is 0 Å². The average molecular weight is 277 g/mol. The summed E-state index contributed by atoms with van der Waals surface area (Å²) in [5.41, 5.74) is 0.497. The molecule has 4 nitrogen and oxygen atoms in total. The van der Waals surface area contributed by atoms with Crippen molar-refractivity contribution in [1.82, 2.24) is 16.0 Å². The second-order valence-corrected chi connectivity index (χ2v) is 5.72. The van der Waals surface area contributed by atoms with Crippen molar-refractivity contribution in [2.45, 2.75) is 37.3 Å². The zero-order chi connectivity index (χ0) is 14.0. The minimum absolute atomic E-state index is 0.140. The summed E-state index contributed by atoms with van der Waals surface area (Å²) in [4.78, 5) is 12.1. The number of hydrogen-bond donors (Lipinski definition) is 3. The molecule has 1 aromatic rings. The predicted octanol–water partition coefficient (Wildman–Crippen LogP) is 1.87. The van der Waals surface area contributed by atoms with Gasteiger partial charge < -0.3 is 16.0 Å². The number of benzene rings is 1. The molecule has 0 atom stereocenters. The lowest BCUT2D eigenvalue weighted by molar-refractivity contribution is 0.228. The molecule has 1 aliphatic heterocycles. The van der Waals surface area contributed by atoms with E-state index in [1.54, 1.807) is 6.07 Å². The van der Waals surface area contributed by atoms with Crippen LogP contribution in [0.1, 0.15) is 31.2 Å². The number of carbonyl (C=O) groups excluding carboxylic acids is 1. The van der Waals surface area contributed by atoms with Crippen molar-refractivity contribution in [2.75, 3.05) is 13.1 Å². The smallest absolute Gasteiger partial charge is 0.315 e. The summed E-state index contributed by atoms with van der Waals surface area (Å²) in [6.45, 7) is 1.89. The zero-order valence-electron chi connectivity index (χ0n) is 11.4. The summed E-state index contributed by atoms with van der Waals surface area (Å²) in [7, 11) is 0. The van der Waals surface area contributed by atoms with Crippen molar-refractivity contribution in [3.63, 3.8) is 0 Å². The third kappa shape index (κ3) is 2.93. The fourth-order valence-electron chi connectivity index (χ4n) is 2.80. The van der Waals surface area contributed by atoms with Crippen LogP contribution >= 0.6 is 0 Å². The van der Waals surface area contributed by atoms with Crippen LogP contribution in [0.25, 0.3) is 0 Å². The molecule has 2 fully saturated rings. The van der Waals surface area contributed by atoms with E-state index in [0.29, 0.717) is 0 Å². The fourth-order valence-corrected chi connectivity index (χ4v) is 2.80. The summed E-state index contributed by atoms with van der Waals surface area (Å²) in [5, 5.41) is 9.30. The Labute approximate surface area is 118 Å². The van der Waals surface area contributed by atoms with E-state index in [1.165, 1.54) is 12.1 Å². The molecule has 2 aliphatic rings. The number of halogens is 1. The molecule has 108 valence electrons. The molecule has 1 aliphatic carbocycles. The van der Waals surface area contributed by atoms with Crippen molar-refractivity contribution in [2.24, 2.45) is 0 Å². The van der Waals surface area contributed by atoms with Gasteiger partial charge in [0.25, 0.3) is 0 Å². The maximum Gasteiger partial charge on any atom is 0.315 e. The third-order valence-corrected chi connectivity index (χ3v) is 4.15. The lowest BCUT2D eigenvalue weighted by Crippen LogP contribution is -2.49. The number of nitrogens with one attached hydrogen (secondary N) is 3. The van der Waals surface area contributed by atoms with Crippen molar-refractivity contribution in [3.05, 3.63) is 35.6 Å². The van der Waals surface area contributed by atoms with Crippen LogP contribution in [0.15, 0.2) is 24.3 Å². The lowest BCUT2D eigenvalue weighted by Gasteiger charge is -2.26. The highest BCUT2D eigenvalue weighted by atomic mass is 19.1. The lowest BCUT2D eigenvalue weighted by atomic mass is 10.0. The van der Waals surface area contributed by atoms with Crippen LogP contribution in [-0.2, 0) is 5.54 Å². The summed E-state index contributed by atoms with van der Waals surface area (Å²) in [5.74, 6) is -0.255. The first-order chi connectivity index (χ1) is 9.68. The highest BCUT2D eigenvalue weighted by Gasteiger charge is 2.46. The van der Waals surface area contributed by atoms with Crippen LogP contribution in [0.4, 0.5) is 9.18 Å². The van der Waals surface area contributed by atoms with E-state index < -0.39 is 0 Å². The molecule has 5 heteroatoms. The summed E-state index contributed by atoms with van der Waals surface area (Å²) in [6.07, 6.45) is 3.66. The highest BCUT2D eigenvalue weighted by molar-refractivity contribution is 5.76. The van der Waals surface area contributed by atoms with Gasteiger partial charge in [0.15, 0.2) is 0 Å². The van der Waals surface area contributed by atoms with Gasteiger partial charge in [-0.25, -0.2) is 9.18 Å². The Hall–Kier alpha value is -1.62. The van der Waals surface area contributed by atoms with E-state index in [2.05, 4.69) is 16.0 Å². The van der Waals surface area contributed by atoms with Crippen molar-refractivity contribution in [1.29, 1.82) is 0 Å². The Morgan fingerprint density at radius 3 is 2.70 bits per heavy atom. The summed E-state index contributed by atoms with van der Waals surface area (Å²) in [6, 6.07) is 6.60. The van der Waals surface area contributed by atoms with Crippen molar-refractivity contribution >= 4 is 6.03 Å². The van der Waals surface area contributed by atoms with Crippen molar-refractivity contribution in [3.8, 4) is 0 Å². The van der Waals surface area contributed by atoms with Gasteiger partial charge in [0.05, 0.1) is 5.54 Å². The normalized spacial score (nSPS) is 21.2. The molecule has 20 heavy (non-hydrogen) atoms. The van der Waals surface area contributed by atoms with Gasteiger partial charge in [0.1, 0.15) is 5.82 Å². The molecule has 0 unspecified atom stereocenters. The van der Waals surface area contributed by atoms with Crippen LogP contribution in [0.5, 0.6) is 0 Å². The van der Waals surface area contributed by atoms with Gasteiger partial charge in [-0.1, -0.05) is 12.1 Å². The Morgan fingerprint density at radius 2 is 2.05 bits per heavy atom. The second kappa shape index (κ2) is 5.40. The molecular formula is C15H20FN3O. The van der Waals surface area contributed by atoms with Gasteiger partial charge in [0, 0.05) is 6.04 Å². The van der Waals surface area contributed by atoms with E-state index in [1.807, 2.05) is 6.07 Å². The molecule has 1 heterocycles. The summed E-state index contributed by atoms with van der Waals surface area (Å²) < 4.78 is 13.3. The Balaban J connectivity index is 1.60. The molecule has 1 aromatic carbocycles. The quantitative estimate of drug-likeness (QED) is 0.790. The second-order valence-electron chi connectivity index (χ2n) is 5.72. The van der Waals surface area contributed by atoms with Gasteiger partial charge in [-0.3, -0.25) is 0 Å².